The Hall–Kier alpha value is -0.830. The smallest absolute Gasteiger partial charge is 0.119 e. The van der Waals surface area contributed by atoms with Gasteiger partial charge in [-0.2, -0.15) is 11.8 Å². The zero-order valence-corrected chi connectivity index (χ0v) is 9.56. The van der Waals surface area contributed by atoms with Crippen molar-refractivity contribution in [1.29, 1.82) is 0 Å². The van der Waals surface area contributed by atoms with Gasteiger partial charge in [0.25, 0.3) is 0 Å². The summed E-state index contributed by atoms with van der Waals surface area (Å²) < 4.78 is 5.35. The quantitative estimate of drug-likeness (QED) is 0.731. The summed E-state index contributed by atoms with van der Waals surface area (Å²) in [5.74, 6) is 2.07. The number of nitrogens with one attached hydrogen (secondary N) is 1. The summed E-state index contributed by atoms with van der Waals surface area (Å²) in [6.07, 6.45) is 2.11. The van der Waals surface area contributed by atoms with Crippen molar-refractivity contribution < 1.29 is 4.74 Å². The topological polar surface area (TPSA) is 21.3 Å². The van der Waals surface area contributed by atoms with Gasteiger partial charge in [-0.3, -0.25) is 0 Å². The molecule has 1 N–H and O–H groups in total. The Bertz CT molecular complexity index is 248. The van der Waals surface area contributed by atoms with E-state index in [1.165, 1.54) is 0 Å². The highest BCUT2D eigenvalue weighted by molar-refractivity contribution is 7.98. The Morgan fingerprint density at radius 2 is 2.00 bits per heavy atom. The lowest BCUT2D eigenvalue weighted by molar-refractivity contribution is 0.340. The van der Waals surface area contributed by atoms with Gasteiger partial charge >= 0.3 is 0 Å². The van der Waals surface area contributed by atoms with Crippen LogP contribution >= 0.6 is 11.8 Å². The number of ether oxygens (including phenoxy) is 1. The fourth-order valence-electron chi connectivity index (χ4n) is 1.13. The van der Waals surface area contributed by atoms with E-state index in [1.54, 1.807) is 0 Å². The monoisotopic (exact) mass is 211 g/mol. The van der Waals surface area contributed by atoms with E-state index in [0.717, 1.165) is 30.3 Å². The first kappa shape index (κ1) is 11.2. The van der Waals surface area contributed by atoms with Crippen LogP contribution in [0.2, 0.25) is 0 Å². The van der Waals surface area contributed by atoms with Crippen molar-refractivity contribution in [2.24, 2.45) is 0 Å². The average molecular weight is 211 g/mol. The third-order valence-electron chi connectivity index (χ3n) is 1.80. The van der Waals surface area contributed by atoms with Gasteiger partial charge in [0.05, 0.1) is 6.61 Å². The van der Waals surface area contributed by atoms with Crippen molar-refractivity contribution in [2.45, 2.75) is 6.92 Å². The standard InChI is InChI=1S/C11H17NOS/c1-3-13-11-6-4-10(5-7-11)12-8-9-14-2/h4-7,12H,3,8-9H2,1-2H3. The first-order valence-electron chi connectivity index (χ1n) is 4.82. The normalized spacial score (nSPS) is 9.86. The van der Waals surface area contributed by atoms with E-state index < -0.39 is 0 Å². The van der Waals surface area contributed by atoms with Crippen LogP contribution in [-0.4, -0.2) is 25.2 Å². The maximum Gasteiger partial charge on any atom is 0.119 e. The third kappa shape index (κ3) is 3.92. The summed E-state index contributed by atoms with van der Waals surface area (Å²) in [5.41, 5.74) is 1.16. The molecule has 0 amide bonds. The third-order valence-corrected chi connectivity index (χ3v) is 2.41. The number of hydrogen-bond acceptors (Lipinski definition) is 3. The van der Waals surface area contributed by atoms with E-state index in [4.69, 9.17) is 4.74 Å². The van der Waals surface area contributed by atoms with E-state index in [1.807, 2.05) is 43.0 Å². The Labute approximate surface area is 90.0 Å². The van der Waals surface area contributed by atoms with Crippen LogP contribution in [0.4, 0.5) is 5.69 Å². The zero-order chi connectivity index (χ0) is 10.2. The van der Waals surface area contributed by atoms with Gasteiger partial charge in [0.15, 0.2) is 0 Å². The van der Waals surface area contributed by atoms with Gasteiger partial charge in [-0.05, 0) is 37.4 Å². The van der Waals surface area contributed by atoms with Gasteiger partial charge in [0.2, 0.25) is 0 Å². The molecule has 0 heterocycles. The van der Waals surface area contributed by atoms with Crippen molar-refractivity contribution in [2.75, 3.05) is 30.5 Å². The summed E-state index contributed by atoms with van der Waals surface area (Å²) in [5, 5.41) is 3.34. The molecule has 0 aromatic heterocycles. The maximum atomic E-state index is 5.35. The van der Waals surface area contributed by atoms with Gasteiger partial charge in [0, 0.05) is 18.0 Å². The minimum absolute atomic E-state index is 0.721. The van der Waals surface area contributed by atoms with E-state index in [9.17, 15) is 0 Å². The summed E-state index contributed by atoms with van der Waals surface area (Å²) in [7, 11) is 0. The Kier molecular flexibility index (Phi) is 5.30. The number of rotatable bonds is 6. The SMILES string of the molecule is CCOc1ccc(NCCSC)cc1. The second kappa shape index (κ2) is 6.60. The van der Waals surface area contributed by atoms with Crippen LogP contribution in [-0.2, 0) is 0 Å². The van der Waals surface area contributed by atoms with Gasteiger partial charge in [-0.1, -0.05) is 0 Å². The molecule has 0 spiro atoms. The molecule has 3 heteroatoms. The highest BCUT2D eigenvalue weighted by Gasteiger charge is 1.93. The lowest BCUT2D eigenvalue weighted by Gasteiger charge is -2.06. The molecule has 0 saturated heterocycles. The number of thioether (sulfide) groups is 1. The summed E-state index contributed by atoms with van der Waals surface area (Å²) in [4.78, 5) is 0. The van der Waals surface area contributed by atoms with E-state index in [-0.39, 0.29) is 0 Å². The molecule has 78 valence electrons. The van der Waals surface area contributed by atoms with Crippen LogP contribution in [0, 0.1) is 0 Å². The van der Waals surface area contributed by atoms with Gasteiger partial charge in [-0.25, -0.2) is 0 Å². The van der Waals surface area contributed by atoms with Crippen LogP contribution in [0.1, 0.15) is 6.92 Å². The predicted octanol–water partition coefficient (Wildman–Crippen LogP) is 2.86. The lowest BCUT2D eigenvalue weighted by Crippen LogP contribution is -2.03. The molecule has 0 aliphatic heterocycles. The highest BCUT2D eigenvalue weighted by atomic mass is 32.2. The average Bonchev–Trinajstić information content (AvgIpc) is 2.21. The highest BCUT2D eigenvalue weighted by Crippen LogP contribution is 2.15. The Morgan fingerprint density at radius 3 is 2.57 bits per heavy atom. The lowest BCUT2D eigenvalue weighted by atomic mass is 10.3. The first-order valence-corrected chi connectivity index (χ1v) is 6.22. The molecule has 0 aliphatic carbocycles. The molecular weight excluding hydrogens is 194 g/mol. The first-order chi connectivity index (χ1) is 6.86. The van der Waals surface area contributed by atoms with E-state index >= 15 is 0 Å². The second-order valence-electron chi connectivity index (χ2n) is 2.88. The van der Waals surface area contributed by atoms with Crippen molar-refractivity contribution in [3.8, 4) is 5.75 Å². The molecule has 0 radical (unpaired) electrons. The Balaban J connectivity index is 2.38. The Morgan fingerprint density at radius 1 is 1.29 bits per heavy atom. The van der Waals surface area contributed by atoms with Gasteiger partial charge in [-0.15, -0.1) is 0 Å². The van der Waals surface area contributed by atoms with Crippen LogP contribution in [0.3, 0.4) is 0 Å². The molecule has 1 aromatic rings. The second-order valence-corrected chi connectivity index (χ2v) is 3.86. The van der Waals surface area contributed by atoms with E-state index in [2.05, 4.69) is 11.6 Å². The predicted molar refractivity (Wildman–Crippen MR) is 64.5 cm³/mol. The van der Waals surface area contributed by atoms with Crippen LogP contribution in [0.5, 0.6) is 5.75 Å². The molecule has 0 aliphatic rings. The minimum Gasteiger partial charge on any atom is -0.494 e. The van der Waals surface area contributed by atoms with E-state index in [0.29, 0.717) is 0 Å². The molecule has 0 fully saturated rings. The van der Waals surface area contributed by atoms with Crippen molar-refractivity contribution >= 4 is 17.4 Å². The molecule has 0 unspecified atom stereocenters. The molecule has 0 atom stereocenters. The summed E-state index contributed by atoms with van der Waals surface area (Å²) in [6.45, 7) is 3.72. The van der Waals surface area contributed by atoms with Gasteiger partial charge in [0.1, 0.15) is 5.75 Å². The van der Waals surface area contributed by atoms with Crippen LogP contribution in [0.25, 0.3) is 0 Å². The maximum absolute atomic E-state index is 5.35. The van der Waals surface area contributed by atoms with Crippen molar-refractivity contribution in [3.63, 3.8) is 0 Å². The molecule has 1 aromatic carbocycles. The summed E-state index contributed by atoms with van der Waals surface area (Å²) in [6, 6.07) is 8.08. The molecule has 14 heavy (non-hydrogen) atoms. The number of benzene rings is 1. The fourth-order valence-corrected chi connectivity index (χ4v) is 1.44. The molecule has 1 rings (SSSR count). The van der Waals surface area contributed by atoms with Crippen LogP contribution < -0.4 is 10.1 Å². The van der Waals surface area contributed by atoms with Crippen molar-refractivity contribution in [1.82, 2.24) is 0 Å². The van der Waals surface area contributed by atoms with Crippen LogP contribution in [0.15, 0.2) is 24.3 Å². The molecular formula is C11H17NOS. The molecule has 2 nitrogen and oxygen atoms in total. The van der Waals surface area contributed by atoms with Gasteiger partial charge < -0.3 is 10.1 Å². The number of hydrogen-bond donors (Lipinski definition) is 1. The van der Waals surface area contributed by atoms with Crippen molar-refractivity contribution in [3.05, 3.63) is 24.3 Å². The molecule has 0 saturated carbocycles. The fraction of sp³-hybridized carbons (Fsp3) is 0.455. The zero-order valence-electron chi connectivity index (χ0n) is 8.75. The largest absolute Gasteiger partial charge is 0.494 e. The minimum atomic E-state index is 0.721. The molecule has 0 bridgehead atoms. The number of anilines is 1. The summed E-state index contributed by atoms with van der Waals surface area (Å²) >= 11 is 1.84.